The van der Waals surface area contributed by atoms with Crippen molar-refractivity contribution in [1.82, 2.24) is 0 Å². The van der Waals surface area contributed by atoms with Crippen LogP contribution >= 0.6 is 0 Å². The molecule has 0 aromatic heterocycles. The molecule has 3 aromatic carbocycles. The third kappa shape index (κ3) is 5.95. The Morgan fingerprint density at radius 3 is 1.48 bits per heavy atom. The van der Waals surface area contributed by atoms with Crippen LogP contribution in [0.5, 0.6) is 0 Å². The summed E-state index contributed by atoms with van der Waals surface area (Å²) in [7, 11) is 0. The zero-order chi connectivity index (χ0) is 23.0. The number of Topliss-reactive ketones (excluding diaryl/α,β-unsaturated/α-hetero) is 1. The van der Waals surface area contributed by atoms with Crippen LogP contribution < -0.4 is 0 Å². The number of carbonyl (C=O) groups is 1. The quantitative estimate of drug-likeness (QED) is 0.530. The van der Waals surface area contributed by atoms with E-state index in [1.54, 1.807) is 6.92 Å². The molecule has 0 heterocycles. The molecule has 1 aliphatic rings. The molecule has 0 amide bonds. The van der Waals surface area contributed by atoms with Gasteiger partial charge in [-0.25, -0.2) is 0 Å². The number of aliphatic hydroxyl groups excluding tert-OH is 1. The van der Waals surface area contributed by atoms with E-state index in [2.05, 4.69) is 0 Å². The number of aliphatic hydroxyl groups is 1. The largest absolute Gasteiger partial charge is 0.390 e. The molecule has 0 radical (unpaired) electrons. The SMILES string of the molecule is CC1C(=O)[C@@H](OCc2ccccc2)[C@H](OCc2ccccc2)[C@H](OCc2ccccc2)C1O. The minimum Gasteiger partial charge on any atom is -0.390 e. The van der Waals surface area contributed by atoms with E-state index < -0.39 is 30.3 Å². The van der Waals surface area contributed by atoms with Crippen molar-refractivity contribution < 1.29 is 24.1 Å². The summed E-state index contributed by atoms with van der Waals surface area (Å²) in [5.74, 6) is -0.792. The minimum atomic E-state index is -0.987. The zero-order valence-electron chi connectivity index (χ0n) is 18.7. The topological polar surface area (TPSA) is 65.0 Å². The summed E-state index contributed by atoms with van der Waals surface area (Å²) in [4.78, 5) is 13.2. The molecule has 1 fully saturated rings. The van der Waals surface area contributed by atoms with Crippen LogP contribution in [0.25, 0.3) is 0 Å². The Labute approximate surface area is 194 Å². The van der Waals surface area contributed by atoms with Gasteiger partial charge in [-0.3, -0.25) is 4.79 Å². The highest BCUT2D eigenvalue weighted by Crippen LogP contribution is 2.31. The van der Waals surface area contributed by atoms with Gasteiger partial charge in [-0.1, -0.05) is 97.9 Å². The fourth-order valence-electron chi connectivity index (χ4n) is 4.09. The van der Waals surface area contributed by atoms with Gasteiger partial charge in [0, 0.05) is 5.92 Å². The highest BCUT2D eigenvalue weighted by Gasteiger charge is 2.50. The van der Waals surface area contributed by atoms with Gasteiger partial charge < -0.3 is 19.3 Å². The zero-order valence-corrected chi connectivity index (χ0v) is 18.7. The average molecular weight is 447 g/mol. The van der Waals surface area contributed by atoms with Crippen molar-refractivity contribution in [1.29, 1.82) is 0 Å². The van der Waals surface area contributed by atoms with Crippen LogP contribution in [-0.2, 0) is 38.8 Å². The predicted octanol–water partition coefficient (Wildman–Crippen LogP) is 4.32. The molecule has 0 aliphatic heterocycles. The van der Waals surface area contributed by atoms with Crippen LogP contribution in [0.15, 0.2) is 91.0 Å². The van der Waals surface area contributed by atoms with Crippen LogP contribution in [0.4, 0.5) is 0 Å². The summed E-state index contributed by atoms with van der Waals surface area (Å²) in [6, 6.07) is 29.2. The molecule has 0 spiro atoms. The lowest BCUT2D eigenvalue weighted by Gasteiger charge is -2.42. The third-order valence-corrected chi connectivity index (χ3v) is 6.04. The maximum Gasteiger partial charge on any atom is 0.169 e. The second-order valence-electron chi connectivity index (χ2n) is 8.42. The number of rotatable bonds is 9. The highest BCUT2D eigenvalue weighted by molar-refractivity contribution is 5.87. The summed E-state index contributed by atoms with van der Waals surface area (Å²) in [6.45, 7) is 2.59. The Morgan fingerprint density at radius 2 is 1.03 bits per heavy atom. The fraction of sp³-hybridized carbons (Fsp3) is 0.321. The Bertz CT molecular complexity index is 993. The fourth-order valence-corrected chi connectivity index (χ4v) is 4.09. The van der Waals surface area contributed by atoms with E-state index in [-0.39, 0.29) is 19.0 Å². The number of ether oxygens (including phenoxy) is 3. The molecular formula is C28H30O5. The van der Waals surface area contributed by atoms with Gasteiger partial charge in [0.1, 0.15) is 18.3 Å². The van der Waals surface area contributed by atoms with Crippen LogP contribution in [-0.4, -0.2) is 35.3 Å². The first kappa shape index (κ1) is 23.3. The van der Waals surface area contributed by atoms with Crippen molar-refractivity contribution in [3.63, 3.8) is 0 Å². The third-order valence-electron chi connectivity index (χ3n) is 6.04. The maximum atomic E-state index is 13.2. The highest BCUT2D eigenvalue weighted by atomic mass is 16.6. The number of ketones is 1. The molecule has 1 saturated carbocycles. The second-order valence-corrected chi connectivity index (χ2v) is 8.42. The Morgan fingerprint density at radius 1 is 0.636 bits per heavy atom. The van der Waals surface area contributed by atoms with Gasteiger partial charge in [-0.2, -0.15) is 0 Å². The molecular weight excluding hydrogens is 416 g/mol. The van der Waals surface area contributed by atoms with Crippen LogP contribution in [0.2, 0.25) is 0 Å². The Hall–Kier alpha value is -2.83. The molecule has 0 bridgehead atoms. The molecule has 4 rings (SSSR count). The van der Waals surface area contributed by atoms with Gasteiger partial charge in [0.05, 0.1) is 25.9 Å². The maximum absolute atomic E-state index is 13.2. The smallest absolute Gasteiger partial charge is 0.169 e. The van der Waals surface area contributed by atoms with Gasteiger partial charge in [0.15, 0.2) is 5.78 Å². The average Bonchev–Trinajstić information content (AvgIpc) is 2.87. The lowest BCUT2D eigenvalue weighted by Crippen LogP contribution is -2.60. The van der Waals surface area contributed by atoms with Gasteiger partial charge in [0.25, 0.3) is 0 Å². The van der Waals surface area contributed by atoms with Crippen molar-refractivity contribution in [3.8, 4) is 0 Å². The molecule has 1 aliphatic carbocycles. The molecule has 2 unspecified atom stereocenters. The minimum absolute atomic E-state index is 0.170. The van der Waals surface area contributed by atoms with Gasteiger partial charge in [-0.15, -0.1) is 0 Å². The van der Waals surface area contributed by atoms with E-state index in [9.17, 15) is 9.90 Å². The number of hydrogen-bond donors (Lipinski definition) is 1. The molecule has 33 heavy (non-hydrogen) atoms. The van der Waals surface area contributed by atoms with Gasteiger partial charge in [0.2, 0.25) is 0 Å². The monoisotopic (exact) mass is 446 g/mol. The molecule has 1 N–H and O–H groups in total. The van der Waals surface area contributed by atoms with E-state index in [1.807, 2.05) is 91.0 Å². The van der Waals surface area contributed by atoms with Crippen molar-refractivity contribution in [2.75, 3.05) is 0 Å². The molecule has 5 heteroatoms. The number of hydrogen-bond acceptors (Lipinski definition) is 5. The first-order valence-electron chi connectivity index (χ1n) is 11.3. The van der Waals surface area contributed by atoms with Crippen molar-refractivity contribution >= 4 is 5.78 Å². The summed E-state index contributed by atoms with van der Waals surface area (Å²) in [5.41, 5.74) is 2.92. The standard InChI is InChI=1S/C28H30O5/c1-20-24(29)26(31-17-21-11-5-2-6-12-21)28(33-19-23-15-9-4-10-16-23)27(25(20)30)32-18-22-13-7-3-8-14-22/h2-16,20,24,26-29H,17-19H2,1H3/t20?,24?,26-,27-,28-/m1/s1. The molecule has 0 saturated heterocycles. The normalized spacial score (nSPS) is 25.2. The van der Waals surface area contributed by atoms with E-state index in [0.29, 0.717) is 6.61 Å². The summed E-state index contributed by atoms with van der Waals surface area (Å²) in [5, 5.41) is 11.0. The van der Waals surface area contributed by atoms with Crippen LogP contribution in [0, 0.1) is 5.92 Å². The van der Waals surface area contributed by atoms with E-state index >= 15 is 0 Å². The summed E-state index contributed by atoms with van der Waals surface area (Å²) in [6.07, 6.45) is -3.27. The molecule has 3 aromatic rings. The van der Waals surface area contributed by atoms with E-state index in [0.717, 1.165) is 16.7 Å². The first-order valence-corrected chi connectivity index (χ1v) is 11.3. The number of carbonyl (C=O) groups excluding carboxylic acids is 1. The molecule has 5 nitrogen and oxygen atoms in total. The first-order chi connectivity index (χ1) is 16.1. The van der Waals surface area contributed by atoms with Gasteiger partial charge in [-0.05, 0) is 16.7 Å². The summed E-state index contributed by atoms with van der Waals surface area (Å²) < 4.78 is 18.5. The lowest BCUT2D eigenvalue weighted by atomic mass is 9.80. The van der Waals surface area contributed by atoms with E-state index in [1.165, 1.54) is 0 Å². The lowest BCUT2D eigenvalue weighted by molar-refractivity contribution is -0.210. The van der Waals surface area contributed by atoms with Crippen molar-refractivity contribution in [2.24, 2.45) is 5.92 Å². The second kappa shape index (κ2) is 11.3. The number of benzene rings is 3. The molecule has 172 valence electrons. The van der Waals surface area contributed by atoms with Gasteiger partial charge >= 0.3 is 0 Å². The van der Waals surface area contributed by atoms with Crippen molar-refractivity contribution in [2.45, 2.75) is 51.2 Å². The summed E-state index contributed by atoms with van der Waals surface area (Å²) >= 11 is 0. The molecule has 5 atom stereocenters. The van der Waals surface area contributed by atoms with Crippen molar-refractivity contribution in [3.05, 3.63) is 108 Å². The van der Waals surface area contributed by atoms with E-state index in [4.69, 9.17) is 14.2 Å². The van der Waals surface area contributed by atoms with Crippen LogP contribution in [0.1, 0.15) is 23.6 Å². The Kier molecular flexibility index (Phi) is 8.02. The Balaban J connectivity index is 1.55. The van der Waals surface area contributed by atoms with Crippen LogP contribution in [0.3, 0.4) is 0 Å². The predicted molar refractivity (Wildman–Crippen MR) is 125 cm³/mol.